The topological polar surface area (TPSA) is 6.48 Å². The number of likely N-dealkylation sites (N-methyl/N-ethyl adjacent to an activating group) is 1. The molecule has 15 heavy (non-hydrogen) atoms. The van der Waals surface area contributed by atoms with E-state index in [0.29, 0.717) is 6.04 Å². The second kappa shape index (κ2) is 4.54. The van der Waals surface area contributed by atoms with E-state index in [-0.39, 0.29) is 0 Å². The quantitative estimate of drug-likeness (QED) is 0.762. The molecule has 0 radical (unpaired) electrons. The SMILES string of the molecule is CCN1CCN(c2ccc(C)s2)CC1C. The van der Waals surface area contributed by atoms with E-state index in [1.165, 1.54) is 36.1 Å². The molecule has 0 saturated carbocycles. The molecule has 2 heterocycles. The molecule has 1 aromatic heterocycles. The Morgan fingerprint density at radius 1 is 1.40 bits per heavy atom. The van der Waals surface area contributed by atoms with E-state index < -0.39 is 0 Å². The fourth-order valence-electron chi connectivity index (χ4n) is 2.26. The van der Waals surface area contributed by atoms with Gasteiger partial charge in [0.1, 0.15) is 0 Å². The van der Waals surface area contributed by atoms with Crippen LogP contribution in [0.5, 0.6) is 0 Å². The van der Waals surface area contributed by atoms with Gasteiger partial charge in [0, 0.05) is 30.6 Å². The van der Waals surface area contributed by atoms with Crippen LogP contribution in [0.15, 0.2) is 12.1 Å². The highest BCUT2D eigenvalue weighted by atomic mass is 32.1. The van der Waals surface area contributed by atoms with Gasteiger partial charge in [0.25, 0.3) is 0 Å². The second-order valence-electron chi connectivity index (χ2n) is 4.31. The summed E-state index contributed by atoms with van der Waals surface area (Å²) in [6, 6.07) is 5.16. The summed E-state index contributed by atoms with van der Waals surface area (Å²) in [4.78, 5) is 6.49. The van der Waals surface area contributed by atoms with Gasteiger partial charge in [0.2, 0.25) is 0 Å². The normalized spacial score (nSPS) is 23.4. The zero-order valence-electron chi connectivity index (χ0n) is 9.86. The lowest BCUT2D eigenvalue weighted by Gasteiger charge is -2.39. The minimum Gasteiger partial charge on any atom is -0.361 e. The van der Waals surface area contributed by atoms with Crippen LogP contribution in [-0.4, -0.2) is 37.1 Å². The Kier molecular flexibility index (Phi) is 3.32. The Morgan fingerprint density at radius 2 is 2.20 bits per heavy atom. The first kappa shape index (κ1) is 11.0. The first-order valence-electron chi connectivity index (χ1n) is 5.76. The van der Waals surface area contributed by atoms with Gasteiger partial charge in [0.15, 0.2) is 0 Å². The third kappa shape index (κ3) is 2.34. The van der Waals surface area contributed by atoms with E-state index in [4.69, 9.17) is 0 Å². The van der Waals surface area contributed by atoms with Crippen LogP contribution < -0.4 is 4.90 Å². The highest BCUT2D eigenvalue weighted by molar-refractivity contribution is 7.16. The molecule has 1 aliphatic rings. The predicted molar refractivity (Wildman–Crippen MR) is 68.0 cm³/mol. The van der Waals surface area contributed by atoms with E-state index in [1.54, 1.807) is 0 Å². The highest BCUT2D eigenvalue weighted by Crippen LogP contribution is 2.27. The van der Waals surface area contributed by atoms with Crippen LogP contribution in [0.2, 0.25) is 0 Å². The van der Waals surface area contributed by atoms with Crippen molar-refractivity contribution >= 4 is 16.3 Å². The van der Waals surface area contributed by atoms with E-state index in [9.17, 15) is 0 Å². The van der Waals surface area contributed by atoms with Gasteiger partial charge in [-0.2, -0.15) is 0 Å². The van der Waals surface area contributed by atoms with Gasteiger partial charge in [-0.25, -0.2) is 0 Å². The Balaban J connectivity index is 2.02. The van der Waals surface area contributed by atoms with Gasteiger partial charge in [0.05, 0.1) is 5.00 Å². The van der Waals surface area contributed by atoms with Crippen molar-refractivity contribution in [2.45, 2.75) is 26.8 Å². The Labute approximate surface area is 96.5 Å². The maximum absolute atomic E-state index is 2.55. The molecule has 1 atom stereocenters. The molecule has 0 N–H and O–H groups in total. The molecule has 0 aliphatic carbocycles. The molecule has 1 fully saturated rings. The zero-order valence-corrected chi connectivity index (χ0v) is 10.7. The predicted octanol–water partition coefficient (Wildman–Crippen LogP) is 2.59. The van der Waals surface area contributed by atoms with Crippen LogP contribution in [0.1, 0.15) is 18.7 Å². The fourth-order valence-corrected chi connectivity index (χ4v) is 3.15. The van der Waals surface area contributed by atoms with Crippen molar-refractivity contribution in [3.8, 4) is 0 Å². The Bertz CT molecular complexity index is 321. The summed E-state index contributed by atoms with van der Waals surface area (Å²) in [6.07, 6.45) is 0. The van der Waals surface area contributed by atoms with Gasteiger partial charge in [-0.3, -0.25) is 4.90 Å². The van der Waals surface area contributed by atoms with Gasteiger partial charge in [-0.05, 0) is 32.5 Å². The molecule has 1 aromatic rings. The summed E-state index contributed by atoms with van der Waals surface area (Å²) in [5.41, 5.74) is 0. The largest absolute Gasteiger partial charge is 0.361 e. The number of rotatable bonds is 2. The average molecular weight is 224 g/mol. The van der Waals surface area contributed by atoms with Crippen molar-refractivity contribution < 1.29 is 0 Å². The number of hydrogen-bond acceptors (Lipinski definition) is 3. The van der Waals surface area contributed by atoms with E-state index >= 15 is 0 Å². The maximum Gasteiger partial charge on any atom is 0.0912 e. The van der Waals surface area contributed by atoms with Crippen LogP contribution in [0.3, 0.4) is 0 Å². The van der Waals surface area contributed by atoms with Crippen molar-refractivity contribution in [2.24, 2.45) is 0 Å². The molecule has 0 aromatic carbocycles. The van der Waals surface area contributed by atoms with Crippen molar-refractivity contribution in [3.63, 3.8) is 0 Å². The van der Waals surface area contributed by atoms with Gasteiger partial charge in [-0.1, -0.05) is 6.92 Å². The molecule has 1 unspecified atom stereocenters. The van der Waals surface area contributed by atoms with Crippen LogP contribution in [0.25, 0.3) is 0 Å². The zero-order chi connectivity index (χ0) is 10.8. The lowest BCUT2D eigenvalue weighted by atomic mass is 10.2. The number of nitrogens with zero attached hydrogens (tertiary/aromatic N) is 2. The number of hydrogen-bond donors (Lipinski definition) is 0. The monoisotopic (exact) mass is 224 g/mol. The van der Waals surface area contributed by atoms with Crippen LogP contribution in [-0.2, 0) is 0 Å². The molecule has 0 spiro atoms. The van der Waals surface area contributed by atoms with Gasteiger partial charge < -0.3 is 4.90 Å². The molecular formula is C12H20N2S. The van der Waals surface area contributed by atoms with Gasteiger partial charge in [-0.15, -0.1) is 11.3 Å². The minimum atomic E-state index is 0.686. The molecule has 2 nitrogen and oxygen atoms in total. The highest BCUT2D eigenvalue weighted by Gasteiger charge is 2.22. The van der Waals surface area contributed by atoms with Crippen molar-refractivity contribution in [1.82, 2.24) is 4.90 Å². The van der Waals surface area contributed by atoms with Crippen LogP contribution >= 0.6 is 11.3 Å². The van der Waals surface area contributed by atoms with E-state index in [2.05, 4.69) is 42.7 Å². The van der Waals surface area contributed by atoms with Crippen molar-refractivity contribution in [2.75, 3.05) is 31.1 Å². The second-order valence-corrected chi connectivity index (χ2v) is 5.57. The lowest BCUT2D eigenvalue weighted by Crippen LogP contribution is -2.51. The summed E-state index contributed by atoms with van der Waals surface area (Å²) >= 11 is 1.91. The molecule has 1 saturated heterocycles. The smallest absolute Gasteiger partial charge is 0.0912 e. The molecule has 84 valence electrons. The molecule has 2 rings (SSSR count). The van der Waals surface area contributed by atoms with Gasteiger partial charge >= 0.3 is 0 Å². The van der Waals surface area contributed by atoms with Crippen molar-refractivity contribution in [1.29, 1.82) is 0 Å². The van der Waals surface area contributed by atoms with E-state index in [0.717, 1.165) is 0 Å². The first-order chi connectivity index (χ1) is 7.20. The van der Waals surface area contributed by atoms with E-state index in [1.807, 2.05) is 11.3 Å². The average Bonchev–Trinajstić information content (AvgIpc) is 2.65. The third-order valence-electron chi connectivity index (χ3n) is 3.21. The molecule has 1 aliphatic heterocycles. The molecular weight excluding hydrogens is 204 g/mol. The molecule has 0 bridgehead atoms. The molecule has 3 heteroatoms. The Hall–Kier alpha value is -0.540. The third-order valence-corrected chi connectivity index (χ3v) is 4.27. The summed E-state index contributed by atoms with van der Waals surface area (Å²) in [5.74, 6) is 0. The maximum atomic E-state index is 2.55. The summed E-state index contributed by atoms with van der Waals surface area (Å²) in [5, 5.41) is 1.44. The fraction of sp³-hybridized carbons (Fsp3) is 0.667. The lowest BCUT2D eigenvalue weighted by molar-refractivity contribution is 0.200. The Morgan fingerprint density at radius 3 is 2.73 bits per heavy atom. The van der Waals surface area contributed by atoms with Crippen LogP contribution in [0, 0.1) is 6.92 Å². The number of piperazine rings is 1. The number of anilines is 1. The summed E-state index contributed by atoms with van der Waals surface area (Å²) < 4.78 is 0. The van der Waals surface area contributed by atoms with Crippen molar-refractivity contribution in [3.05, 3.63) is 17.0 Å². The standard InChI is InChI=1S/C12H20N2S/c1-4-13-7-8-14(9-10(13)2)12-6-5-11(3)15-12/h5-6,10H,4,7-9H2,1-3H3. The summed E-state index contributed by atoms with van der Waals surface area (Å²) in [7, 11) is 0. The summed E-state index contributed by atoms with van der Waals surface area (Å²) in [6.45, 7) is 11.5. The first-order valence-corrected chi connectivity index (χ1v) is 6.57. The minimum absolute atomic E-state index is 0.686. The number of thiophene rings is 1. The number of aryl methyl sites for hydroxylation is 1. The molecule has 0 amide bonds. The van der Waals surface area contributed by atoms with Crippen LogP contribution in [0.4, 0.5) is 5.00 Å².